The van der Waals surface area contributed by atoms with E-state index in [-0.39, 0.29) is 12.1 Å². The standard InChI is InChI=1S/C13H24N2O3/c1-3-5-11(12(16)17)15-13(18)14-10(4-2)8-9-6-7-9/h9-11H,3-8H2,1-2H3,(H,16,17)(H2,14,15,18)/t10?,11-/m0/s1. The minimum atomic E-state index is -0.970. The van der Waals surface area contributed by atoms with E-state index in [0.717, 1.165) is 25.2 Å². The van der Waals surface area contributed by atoms with Crippen molar-refractivity contribution in [3.63, 3.8) is 0 Å². The zero-order valence-corrected chi connectivity index (χ0v) is 11.2. The van der Waals surface area contributed by atoms with Gasteiger partial charge in [-0.3, -0.25) is 0 Å². The van der Waals surface area contributed by atoms with Gasteiger partial charge in [0.05, 0.1) is 0 Å². The highest BCUT2D eigenvalue weighted by molar-refractivity contribution is 5.82. The third kappa shape index (κ3) is 5.38. The maximum absolute atomic E-state index is 11.7. The van der Waals surface area contributed by atoms with Gasteiger partial charge in [0.2, 0.25) is 0 Å². The summed E-state index contributed by atoms with van der Waals surface area (Å²) in [6.45, 7) is 3.94. The SMILES string of the molecule is CCC[C@H](NC(=O)NC(CC)CC1CC1)C(=O)O. The van der Waals surface area contributed by atoms with Crippen molar-refractivity contribution in [1.82, 2.24) is 10.6 Å². The molecule has 1 unspecified atom stereocenters. The summed E-state index contributed by atoms with van der Waals surface area (Å²) in [4.78, 5) is 22.6. The highest BCUT2D eigenvalue weighted by Crippen LogP contribution is 2.33. The van der Waals surface area contributed by atoms with Crippen LogP contribution in [0.25, 0.3) is 0 Å². The van der Waals surface area contributed by atoms with Crippen molar-refractivity contribution in [2.75, 3.05) is 0 Å². The maximum Gasteiger partial charge on any atom is 0.326 e. The molecular formula is C13H24N2O3. The second kappa shape index (κ2) is 7.24. The van der Waals surface area contributed by atoms with Crippen LogP contribution >= 0.6 is 0 Å². The Bertz CT molecular complexity index is 290. The van der Waals surface area contributed by atoms with Crippen LogP contribution < -0.4 is 10.6 Å². The average Bonchev–Trinajstić information content (AvgIpc) is 3.11. The van der Waals surface area contributed by atoms with Crippen LogP contribution in [0.2, 0.25) is 0 Å². The molecular weight excluding hydrogens is 232 g/mol. The molecule has 0 aromatic heterocycles. The molecule has 0 bridgehead atoms. The fraction of sp³-hybridized carbons (Fsp3) is 0.846. The van der Waals surface area contributed by atoms with Crippen LogP contribution in [-0.4, -0.2) is 29.2 Å². The van der Waals surface area contributed by atoms with Crippen molar-refractivity contribution in [2.45, 2.75) is 64.5 Å². The molecule has 5 nitrogen and oxygen atoms in total. The molecule has 1 saturated carbocycles. The molecule has 0 aliphatic heterocycles. The van der Waals surface area contributed by atoms with Gasteiger partial charge in [0.15, 0.2) is 0 Å². The molecule has 0 spiro atoms. The second-order valence-corrected chi connectivity index (χ2v) is 5.08. The average molecular weight is 256 g/mol. The van der Waals surface area contributed by atoms with Crippen molar-refractivity contribution >= 4 is 12.0 Å². The number of hydrogen-bond acceptors (Lipinski definition) is 2. The van der Waals surface area contributed by atoms with E-state index in [1.165, 1.54) is 12.8 Å². The first kappa shape index (κ1) is 14.8. The van der Waals surface area contributed by atoms with Gasteiger partial charge in [-0.15, -0.1) is 0 Å². The summed E-state index contributed by atoms with van der Waals surface area (Å²) in [5.74, 6) is -0.219. The van der Waals surface area contributed by atoms with Gasteiger partial charge in [0.1, 0.15) is 6.04 Å². The zero-order chi connectivity index (χ0) is 13.5. The van der Waals surface area contributed by atoms with Crippen LogP contribution in [0.5, 0.6) is 0 Å². The van der Waals surface area contributed by atoms with Gasteiger partial charge in [0, 0.05) is 6.04 Å². The number of urea groups is 1. The number of carboxylic acids is 1. The molecule has 0 saturated heterocycles. The number of nitrogens with one attached hydrogen (secondary N) is 2. The predicted molar refractivity (Wildman–Crippen MR) is 69.4 cm³/mol. The lowest BCUT2D eigenvalue weighted by atomic mass is 10.1. The van der Waals surface area contributed by atoms with E-state index in [9.17, 15) is 9.59 Å². The number of amides is 2. The lowest BCUT2D eigenvalue weighted by Gasteiger charge is -2.19. The fourth-order valence-corrected chi connectivity index (χ4v) is 2.01. The molecule has 0 radical (unpaired) electrons. The van der Waals surface area contributed by atoms with Crippen LogP contribution in [-0.2, 0) is 4.79 Å². The van der Waals surface area contributed by atoms with E-state index in [4.69, 9.17) is 5.11 Å². The number of carboxylic acid groups (broad SMARTS) is 1. The fourth-order valence-electron chi connectivity index (χ4n) is 2.01. The Morgan fingerprint density at radius 1 is 1.28 bits per heavy atom. The van der Waals surface area contributed by atoms with Crippen molar-refractivity contribution < 1.29 is 14.7 Å². The van der Waals surface area contributed by atoms with Gasteiger partial charge >= 0.3 is 12.0 Å². The highest BCUT2D eigenvalue weighted by Gasteiger charge is 2.26. The first-order chi connectivity index (χ1) is 8.56. The number of carbonyl (C=O) groups excluding carboxylic acids is 1. The summed E-state index contributed by atoms with van der Waals surface area (Å²) in [7, 11) is 0. The van der Waals surface area contributed by atoms with E-state index in [2.05, 4.69) is 10.6 Å². The molecule has 18 heavy (non-hydrogen) atoms. The minimum Gasteiger partial charge on any atom is -0.480 e. The van der Waals surface area contributed by atoms with Crippen molar-refractivity contribution in [2.24, 2.45) is 5.92 Å². The van der Waals surface area contributed by atoms with E-state index in [1.807, 2.05) is 13.8 Å². The summed E-state index contributed by atoms with van der Waals surface area (Å²) >= 11 is 0. The van der Waals surface area contributed by atoms with Gasteiger partial charge in [-0.25, -0.2) is 9.59 Å². The number of carbonyl (C=O) groups is 2. The number of aliphatic carboxylic acids is 1. The third-order valence-corrected chi connectivity index (χ3v) is 3.32. The zero-order valence-electron chi connectivity index (χ0n) is 11.2. The normalized spacial score (nSPS) is 17.9. The molecule has 1 aliphatic carbocycles. The Kier molecular flexibility index (Phi) is 5.95. The topological polar surface area (TPSA) is 78.4 Å². The first-order valence-corrected chi connectivity index (χ1v) is 6.86. The highest BCUT2D eigenvalue weighted by atomic mass is 16.4. The summed E-state index contributed by atoms with van der Waals surface area (Å²) in [5, 5.41) is 14.4. The lowest BCUT2D eigenvalue weighted by molar-refractivity contribution is -0.139. The Hall–Kier alpha value is -1.26. The first-order valence-electron chi connectivity index (χ1n) is 6.86. The van der Waals surface area contributed by atoms with Gasteiger partial charge in [-0.2, -0.15) is 0 Å². The van der Waals surface area contributed by atoms with Crippen LogP contribution in [0.1, 0.15) is 52.4 Å². The molecule has 2 amide bonds. The number of hydrogen-bond donors (Lipinski definition) is 3. The second-order valence-electron chi connectivity index (χ2n) is 5.08. The van der Waals surface area contributed by atoms with Gasteiger partial charge in [-0.05, 0) is 25.2 Å². The molecule has 1 fully saturated rings. The van der Waals surface area contributed by atoms with Crippen LogP contribution in [0.15, 0.2) is 0 Å². The van der Waals surface area contributed by atoms with Crippen molar-refractivity contribution in [1.29, 1.82) is 0 Å². The Morgan fingerprint density at radius 3 is 2.39 bits per heavy atom. The summed E-state index contributed by atoms with van der Waals surface area (Å²) in [5.41, 5.74) is 0. The minimum absolute atomic E-state index is 0.161. The van der Waals surface area contributed by atoms with E-state index in [1.54, 1.807) is 0 Å². The van der Waals surface area contributed by atoms with Gasteiger partial charge in [0.25, 0.3) is 0 Å². The molecule has 5 heteroatoms. The molecule has 0 aromatic rings. The summed E-state index contributed by atoms with van der Waals surface area (Å²) in [6.07, 6.45) is 5.60. The maximum atomic E-state index is 11.7. The monoisotopic (exact) mass is 256 g/mol. The van der Waals surface area contributed by atoms with Crippen LogP contribution in [0.4, 0.5) is 4.79 Å². The summed E-state index contributed by atoms with van der Waals surface area (Å²) in [6, 6.07) is -0.981. The summed E-state index contributed by atoms with van der Waals surface area (Å²) < 4.78 is 0. The molecule has 3 N–H and O–H groups in total. The predicted octanol–water partition coefficient (Wildman–Crippen LogP) is 2.12. The molecule has 2 atom stereocenters. The Morgan fingerprint density at radius 2 is 1.94 bits per heavy atom. The Labute approximate surface area is 108 Å². The molecule has 0 heterocycles. The van der Waals surface area contributed by atoms with Crippen molar-refractivity contribution in [3.8, 4) is 0 Å². The smallest absolute Gasteiger partial charge is 0.326 e. The lowest BCUT2D eigenvalue weighted by Crippen LogP contribution is -2.49. The van der Waals surface area contributed by atoms with Crippen molar-refractivity contribution in [3.05, 3.63) is 0 Å². The van der Waals surface area contributed by atoms with Crippen LogP contribution in [0.3, 0.4) is 0 Å². The van der Waals surface area contributed by atoms with Gasteiger partial charge in [-0.1, -0.05) is 33.1 Å². The quantitative estimate of drug-likeness (QED) is 0.622. The molecule has 0 aromatic carbocycles. The van der Waals surface area contributed by atoms with Crippen LogP contribution in [0, 0.1) is 5.92 Å². The molecule has 104 valence electrons. The molecule has 1 rings (SSSR count). The Balaban J connectivity index is 2.34. The van der Waals surface area contributed by atoms with E-state index < -0.39 is 12.0 Å². The van der Waals surface area contributed by atoms with E-state index >= 15 is 0 Å². The number of rotatable bonds is 8. The van der Waals surface area contributed by atoms with E-state index in [0.29, 0.717) is 6.42 Å². The molecule has 1 aliphatic rings. The largest absolute Gasteiger partial charge is 0.480 e. The van der Waals surface area contributed by atoms with Gasteiger partial charge < -0.3 is 15.7 Å². The third-order valence-electron chi connectivity index (χ3n) is 3.32.